The Labute approximate surface area is 224 Å². The summed E-state index contributed by atoms with van der Waals surface area (Å²) in [5, 5.41) is 7.53. The van der Waals surface area contributed by atoms with Crippen LogP contribution in [0.15, 0.2) is 82.0 Å². The second kappa shape index (κ2) is 9.82. The van der Waals surface area contributed by atoms with Crippen molar-refractivity contribution in [3.8, 4) is 27.5 Å². The molecule has 0 amide bonds. The molecule has 0 bridgehead atoms. The quantitative estimate of drug-likeness (QED) is 0.232. The molecule has 0 aliphatic carbocycles. The van der Waals surface area contributed by atoms with Gasteiger partial charge in [-0.1, -0.05) is 81.6 Å². The van der Waals surface area contributed by atoms with E-state index in [2.05, 4.69) is 5.10 Å². The van der Waals surface area contributed by atoms with Crippen molar-refractivity contribution in [2.24, 2.45) is 0 Å². The molecule has 0 radical (unpaired) electrons. The van der Waals surface area contributed by atoms with E-state index in [4.69, 9.17) is 57.1 Å². The Morgan fingerprint density at radius 2 is 1.44 bits per heavy atom. The molecule has 0 atom stereocenters. The molecule has 0 saturated carbocycles. The summed E-state index contributed by atoms with van der Waals surface area (Å²) in [6, 6.07) is 20.4. The Morgan fingerprint density at radius 1 is 0.794 bits per heavy atom. The Morgan fingerprint density at radius 3 is 2.12 bits per heavy atom. The lowest BCUT2D eigenvalue weighted by atomic mass is 10.1. The second-order valence-corrected chi connectivity index (χ2v) is 11.2. The summed E-state index contributed by atoms with van der Waals surface area (Å²) in [5.41, 5.74) is 9.70. The summed E-state index contributed by atoms with van der Waals surface area (Å²) in [7, 11) is 0. The van der Waals surface area contributed by atoms with Gasteiger partial charge in [-0.2, -0.15) is 9.78 Å². The van der Waals surface area contributed by atoms with Gasteiger partial charge in [-0.3, -0.25) is 0 Å². The van der Waals surface area contributed by atoms with Crippen molar-refractivity contribution in [3.63, 3.8) is 0 Å². The highest BCUT2D eigenvalue weighted by molar-refractivity contribution is 8.01. The number of benzene rings is 3. The lowest BCUT2D eigenvalue weighted by molar-refractivity contribution is 0.881. The maximum Gasteiger partial charge on any atom is 0.213 e. The monoisotopic (exact) mass is 562 g/mol. The zero-order chi connectivity index (χ0) is 23.8. The Hall–Kier alpha value is -2.19. The fourth-order valence-electron chi connectivity index (χ4n) is 3.28. The number of thiazole rings is 1. The Bertz CT molecular complexity index is 1480. The number of hydrogen-bond donors (Lipinski definition) is 1. The van der Waals surface area contributed by atoms with Crippen molar-refractivity contribution < 1.29 is 0 Å². The van der Waals surface area contributed by atoms with Crippen LogP contribution in [0.4, 0.5) is 5.82 Å². The van der Waals surface area contributed by atoms with Crippen molar-refractivity contribution in [2.45, 2.75) is 9.10 Å². The van der Waals surface area contributed by atoms with Gasteiger partial charge in [0.15, 0.2) is 0 Å². The van der Waals surface area contributed by atoms with E-state index in [0.717, 1.165) is 31.5 Å². The third-order valence-electron chi connectivity index (χ3n) is 4.94. The van der Waals surface area contributed by atoms with Crippen LogP contribution in [0, 0.1) is 0 Å². The SMILES string of the molecule is Nc1c(-c2ccc(Cl)cc2)cnn1-c1nc(-c2ccc(Cl)cc2Cl)c(Sc2ccc(Cl)cc2)s1. The van der Waals surface area contributed by atoms with Crippen molar-refractivity contribution in [2.75, 3.05) is 5.73 Å². The van der Waals surface area contributed by atoms with Gasteiger partial charge in [0.2, 0.25) is 5.13 Å². The van der Waals surface area contributed by atoms with Gasteiger partial charge < -0.3 is 5.73 Å². The first-order valence-corrected chi connectivity index (χ1v) is 13.0. The Balaban J connectivity index is 1.60. The van der Waals surface area contributed by atoms with Gasteiger partial charge in [0, 0.05) is 31.1 Å². The highest BCUT2D eigenvalue weighted by Crippen LogP contribution is 2.44. The molecule has 10 heteroatoms. The van der Waals surface area contributed by atoms with Gasteiger partial charge >= 0.3 is 0 Å². The standard InChI is InChI=1S/C24H14Cl4N4S2/c25-14-3-1-13(2-4-14)19-12-30-32(22(19)29)24-31-21(18-10-7-16(27)11-20(18)28)23(34-24)33-17-8-5-15(26)6-9-17/h1-12H,29H2. The predicted molar refractivity (Wildman–Crippen MR) is 145 cm³/mol. The van der Waals surface area contributed by atoms with Crippen molar-refractivity contribution in [3.05, 3.63) is 93.0 Å². The first kappa shape index (κ1) is 23.5. The normalized spacial score (nSPS) is 11.2. The maximum absolute atomic E-state index is 6.54. The van der Waals surface area contributed by atoms with Crippen LogP contribution in [0.3, 0.4) is 0 Å². The van der Waals surface area contributed by atoms with Crippen LogP contribution >= 0.6 is 69.5 Å². The van der Waals surface area contributed by atoms with Gasteiger partial charge in [-0.05, 0) is 60.2 Å². The molecular formula is C24H14Cl4N4S2. The van der Waals surface area contributed by atoms with Crippen LogP contribution in [0.25, 0.3) is 27.5 Å². The highest BCUT2D eigenvalue weighted by Gasteiger charge is 2.21. The minimum absolute atomic E-state index is 0.480. The molecule has 0 fully saturated rings. The predicted octanol–water partition coefficient (Wildman–Crippen LogP) is 9.01. The van der Waals surface area contributed by atoms with Gasteiger partial charge in [0.1, 0.15) is 5.82 Å². The fourth-order valence-corrected chi connectivity index (χ4v) is 6.23. The molecule has 0 unspecified atom stereocenters. The smallest absolute Gasteiger partial charge is 0.213 e. The summed E-state index contributed by atoms with van der Waals surface area (Å²) in [6.07, 6.45) is 1.72. The molecular weight excluding hydrogens is 550 g/mol. The molecule has 0 aliphatic rings. The third kappa shape index (κ3) is 4.80. The number of rotatable bonds is 5. The van der Waals surface area contributed by atoms with Gasteiger partial charge in [-0.15, -0.1) is 0 Å². The van der Waals surface area contributed by atoms with E-state index in [0.29, 0.717) is 31.0 Å². The first-order valence-electron chi connectivity index (χ1n) is 9.88. The largest absolute Gasteiger partial charge is 0.383 e. The van der Waals surface area contributed by atoms with E-state index in [1.807, 2.05) is 54.6 Å². The summed E-state index contributed by atoms with van der Waals surface area (Å²) in [4.78, 5) is 5.90. The fraction of sp³-hybridized carbons (Fsp3) is 0. The van der Waals surface area contributed by atoms with E-state index >= 15 is 0 Å². The minimum atomic E-state index is 0.480. The van der Waals surface area contributed by atoms with Crippen LogP contribution in [-0.2, 0) is 0 Å². The second-order valence-electron chi connectivity index (χ2n) is 7.17. The number of nitrogen functional groups attached to an aromatic ring is 1. The van der Waals surface area contributed by atoms with E-state index < -0.39 is 0 Å². The third-order valence-corrected chi connectivity index (χ3v) is 8.20. The molecule has 4 nitrogen and oxygen atoms in total. The molecule has 0 spiro atoms. The summed E-state index contributed by atoms with van der Waals surface area (Å²) >= 11 is 27.8. The van der Waals surface area contributed by atoms with Crippen LogP contribution in [0.2, 0.25) is 20.1 Å². The molecule has 2 N–H and O–H groups in total. The topological polar surface area (TPSA) is 56.7 Å². The first-order chi connectivity index (χ1) is 16.4. The highest BCUT2D eigenvalue weighted by atomic mass is 35.5. The van der Waals surface area contributed by atoms with E-state index in [1.54, 1.807) is 34.8 Å². The number of aromatic nitrogens is 3. The summed E-state index contributed by atoms with van der Waals surface area (Å²) < 4.78 is 2.57. The summed E-state index contributed by atoms with van der Waals surface area (Å²) in [6.45, 7) is 0. The average molecular weight is 564 g/mol. The van der Waals surface area contributed by atoms with Crippen molar-refractivity contribution in [1.82, 2.24) is 14.8 Å². The molecule has 3 aromatic carbocycles. The number of halogens is 4. The van der Waals surface area contributed by atoms with Crippen LogP contribution in [0.5, 0.6) is 0 Å². The van der Waals surface area contributed by atoms with Gasteiger partial charge in [0.05, 0.1) is 21.1 Å². The van der Waals surface area contributed by atoms with Crippen LogP contribution < -0.4 is 5.73 Å². The van der Waals surface area contributed by atoms with Crippen LogP contribution in [0.1, 0.15) is 0 Å². The Kier molecular flexibility index (Phi) is 6.80. The number of nitrogens with zero attached hydrogens (tertiary/aromatic N) is 3. The molecule has 0 saturated heterocycles. The molecule has 170 valence electrons. The lowest BCUT2D eigenvalue weighted by Gasteiger charge is -2.05. The number of hydrogen-bond acceptors (Lipinski definition) is 5. The van der Waals surface area contributed by atoms with E-state index in [9.17, 15) is 0 Å². The van der Waals surface area contributed by atoms with E-state index in [1.165, 1.54) is 11.3 Å². The molecule has 2 aromatic heterocycles. The van der Waals surface area contributed by atoms with Gasteiger partial charge in [-0.25, -0.2) is 4.98 Å². The summed E-state index contributed by atoms with van der Waals surface area (Å²) in [5.74, 6) is 0.480. The molecule has 5 rings (SSSR count). The maximum atomic E-state index is 6.54. The van der Waals surface area contributed by atoms with Gasteiger partial charge in [0.25, 0.3) is 0 Å². The minimum Gasteiger partial charge on any atom is -0.383 e. The zero-order valence-electron chi connectivity index (χ0n) is 17.2. The molecule has 2 heterocycles. The van der Waals surface area contributed by atoms with Crippen LogP contribution in [-0.4, -0.2) is 14.8 Å². The lowest BCUT2D eigenvalue weighted by Crippen LogP contribution is -2.01. The number of anilines is 1. The molecule has 34 heavy (non-hydrogen) atoms. The zero-order valence-corrected chi connectivity index (χ0v) is 21.8. The van der Waals surface area contributed by atoms with E-state index in [-0.39, 0.29) is 0 Å². The van der Waals surface area contributed by atoms with Crippen molar-refractivity contribution >= 4 is 75.3 Å². The molecule has 5 aromatic rings. The average Bonchev–Trinajstić information content (AvgIpc) is 3.39. The molecule has 0 aliphatic heterocycles. The van der Waals surface area contributed by atoms with Crippen molar-refractivity contribution in [1.29, 1.82) is 0 Å². The number of nitrogens with two attached hydrogens (primary N) is 1.